The second-order valence-corrected chi connectivity index (χ2v) is 4.75. The Labute approximate surface area is 106 Å². The lowest BCUT2D eigenvalue weighted by atomic mass is 10.0. The highest BCUT2D eigenvalue weighted by Crippen LogP contribution is 2.08. The van der Waals surface area contributed by atoms with Crippen molar-refractivity contribution in [2.45, 2.75) is 25.3 Å². The second kappa shape index (κ2) is 5.82. The Morgan fingerprint density at radius 2 is 2.33 bits per heavy atom. The van der Waals surface area contributed by atoms with E-state index in [9.17, 15) is 9.59 Å². The Bertz CT molecular complexity index is 463. The molecule has 1 aromatic heterocycles. The fourth-order valence-corrected chi connectivity index (χ4v) is 2.28. The van der Waals surface area contributed by atoms with Crippen molar-refractivity contribution in [1.82, 2.24) is 15.2 Å². The quantitative estimate of drug-likeness (QED) is 0.824. The van der Waals surface area contributed by atoms with Gasteiger partial charge in [-0.05, 0) is 19.4 Å². The fourth-order valence-electron chi connectivity index (χ4n) is 2.28. The largest absolute Gasteiger partial charge is 0.367 e. The molecular formula is C13H19N3O2. The third-order valence-electron chi connectivity index (χ3n) is 3.31. The van der Waals surface area contributed by atoms with E-state index >= 15 is 0 Å². The first-order valence-corrected chi connectivity index (χ1v) is 6.34. The smallest absolute Gasteiger partial charge is 0.259 e. The van der Waals surface area contributed by atoms with Gasteiger partial charge >= 0.3 is 0 Å². The lowest BCUT2D eigenvalue weighted by molar-refractivity contribution is 0.0773. The van der Waals surface area contributed by atoms with E-state index in [0.29, 0.717) is 12.6 Å². The molecule has 2 N–H and O–H groups in total. The molecular weight excluding hydrogens is 230 g/mol. The van der Waals surface area contributed by atoms with Crippen molar-refractivity contribution in [3.8, 4) is 0 Å². The lowest BCUT2D eigenvalue weighted by Gasteiger charge is -2.28. The maximum absolute atomic E-state index is 12.1. The van der Waals surface area contributed by atoms with E-state index in [1.807, 2.05) is 0 Å². The van der Waals surface area contributed by atoms with E-state index in [1.165, 1.54) is 31.3 Å². The van der Waals surface area contributed by atoms with Gasteiger partial charge in [0, 0.05) is 38.1 Å². The first-order valence-electron chi connectivity index (χ1n) is 6.34. The topological polar surface area (TPSA) is 65.2 Å². The van der Waals surface area contributed by atoms with Crippen LogP contribution < -0.4 is 10.7 Å². The molecule has 98 valence electrons. The van der Waals surface area contributed by atoms with Crippen LogP contribution in [0.5, 0.6) is 0 Å². The number of aromatic amines is 1. The molecule has 0 bridgehead atoms. The lowest BCUT2D eigenvalue weighted by Crippen LogP contribution is -2.44. The number of nitrogens with zero attached hydrogens (tertiary/aromatic N) is 1. The Morgan fingerprint density at radius 3 is 3.00 bits per heavy atom. The summed E-state index contributed by atoms with van der Waals surface area (Å²) in [6.45, 7) is 1.66. The third kappa shape index (κ3) is 2.98. The molecule has 0 radical (unpaired) electrons. The van der Waals surface area contributed by atoms with E-state index in [0.717, 1.165) is 13.0 Å². The van der Waals surface area contributed by atoms with E-state index in [1.54, 1.807) is 11.9 Å². The number of hydrogen-bond acceptors (Lipinski definition) is 3. The highest BCUT2D eigenvalue weighted by atomic mass is 16.2. The fraction of sp³-hybridized carbons (Fsp3) is 0.538. The van der Waals surface area contributed by atoms with Crippen LogP contribution in [0.1, 0.15) is 29.6 Å². The van der Waals surface area contributed by atoms with Crippen molar-refractivity contribution in [3.05, 3.63) is 34.2 Å². The van der Waals surface area contributed by atoms with Gasteiger partial charge in [-0.2, -0.15) is 0 Å². The van der Waals surface area contributed by atoms with Crippen LogP contribution in [0, 0.1) is 0 Å². The summed E-state index contributed by atoms with van der Waals surface area (Å²) in [6.07, 6.45) is 6.48. The van der Waals surface area contributed by atoms with Crippen molar-refractivity contribution >= 4 is 5.91 Å². The molecule has 1 amide bonds. The number of H-pyrrole nitrogens is 1. The number of pyridine rings is 1. The van der Waals surface area contributed by atoms with Gasteiger partial charge in [-0.25, -0.2) is 0 Å². The van der Waals surface area contributed by atoms with Gasteiger partial charge in [0.1, 0.15) is 5.56 Å². The SMILES string of the molecule is CN(CC1CCCCN1)C(=O)c1c[nH]ccc1=O. The van der Waals surface area contributed by atoms with E-state index in [-0.39, 0.29) is 16.9 Å². The monoisotopic (exact) mass is 249 g/mol. The molecule has 1 aliphatic rings. The number of nitrogens with one attached hydrogen (secondary N) is 2. The number of carbonyl (C=O) groups is 1. The zero-order chi connectivity index (χ0) is 13.0. The van der Waals surface area contributed by atoms with Gasteiger partial charge in [0.25, 0.3) is 5.91 Å². The molecule has 18 heavy (non-hydrogen) atoms. The van der Waals surface area contributed by atoms with Crippen molar-refractivity contribution in [1.29, 1.82) is 0 Å². The number of hydrogen-bond donors (Lipinski definition) is 2. The van der Waals surface area contributed by atoms with Crippen molar-refractivity contribution in [2.75, 3.05) is 20.1 Å². The van der Waals surface area contributed by atoms with Crippen LogP contribution >= 0.6 is 0 Å². The van der Waals surface area contributed by atoms with Crippen LogP contribution in [0.25, 0.3) is 0 Å². The molecule has 1 saturated heterocycles. The molecule has 1 aliphatic heterocycles. The van der Waals surface area contributed by atoms with Crippen LogP contribution in [0.4, 0.5) is 0 Å². The summed E-state index contributed by atoms with van der Waals surface area (Å²) in [5.74, 6) is -0.218. The van der Waals surface area contributed by atoms with Gasteiger partial charge in [0.05, 0.1) is 0 Å². The summed E-state index contributed by atoms with van der Waals surface area (Å²) >= 11 is 0. The van der Waals surface area contributed by atoms with E-state index in [2.05, 4.69) is 10.3 Å². The molecule has 1 fully saturated rings. The second-order valence-electron chi connectivity index (χ2n) is 4.75. The summed E-state index contributed by atoms with van der Waals surface area (Å²) in [4.78, 5) is 28.1. The zero-order valence-electron chi connectivity index (χ0n) is 10.6. The molecule has 5 nitrogen and oxygen atoms in total. The zero-order valence-corrected chi connectivity index (χ0v) is 10.6. The van der Waals surface area contributed by atoms with E-state index < -0.39 is 0 Å². The number of rotatable bonds is 3. The van der Waals surface area contributed by atoms with Gasteiger partial charge < -0.3 is 15.2 Å². The highest BCUT2D eigenvalue weighted by molar-refractivity contribution is 5.93. The average molecular weight is 249 g/mol. The number of amides is 1. The molecule has 5 heteroatoms. The number of carbonyl (C=O) groups excluding carboxylic acids is 1. The summed E-state index contributed by atoms with van der Waals surface area (Å²) < 4.78 is 0. The number of aromatic nitrogens is 1. The molecule has 2 heterocycles. The van der Waals surface area contributed by atoms with E-state index in [4.69, 9.17) is 0 Å². The predicted octanol–water partition coefficient (Wildman–Crippen LogP) is 0.589. The normalized spacial score (nSPS) is 19.5. The summed E-state index contributed by atoms with van der Waals surface area (Å²) in [6, 6.07) is 1.72. The minimum absolute atomic E-state index is 0.204. The molecule has 2 rings (SSSR count). The molecule has 0 saturated carbocycles. The Morgan fingerprint density at radius 1 is 1.50 bits per heavy atom. The maximum Gasteiger partial charge on any atom is 0.259 e. The summed E-state index contributed by atoms with van der Waals surface area (Å²) in [7, 11) is 1.74. The summed E-state index contributed by atoms with van der Waals surface area (Å²) in [5, 5.41) is 3.39. The standard InChI is InChI=1S/C13H19N3O2/c1-16(9-10-4-2-3-6-15-10)13(18)11-8-14-7-5-12(11)17/h5,7-8,10,15H,2-4,6,9H2,1H3,(H,14,17). The third-order valence-corrected chi connectivity index (χ3v) is 3.31. The first kappa shape index (κ1) is 12.8. The van der Waals surface area contributed by atoms with Gasteiger partial charge in [-0.3, -0.25) is 9.59 Å². The Kier molecular flexibility index (Phi) is 4.15. The van der Waals surface area contributed by atoms with Crippen molar-refractivity contribution < 1.29 is 4.79 Å². The highest BCUT2D eigenvalue weighted by Gasteiger charge is 2.19. The van der Waals surface area contributed by atoms with Crippen molar-refractivity contribution in [3.63, 3.8) is 0 Å². The summed E-state index contributed by atoms with van der Waals surface area (Å²) in [5.41, 5.74) is -0.0296. The van der Waals surface area contributed by atoms with Gasteiger partial charge in [0.15, 0.2) is 5.43 Å². The van der Waals surface area contributed by atoms with Crippen LogP contribution in [0.15, 0.2) is 23.3 Å². The predicted molar refractivity (Wildman–Crippen MR) is 69.7 cm³/mol. The molecule has 1 aromatic rings. The minimum atomic E-state index is -0.234. The minimum Gasteiger partial charge on any atom is -0.367 e. The molecule has 1 atom stereocenters. The molecule has 1 unspecified atom stereocenters. The Hall–Kier alpha value is -1.62. The van der Waals surface area contributed by atoms with Gasteiger partial charge in [0.2, 0.25) is 0 Å². The molecule has 0 aromatic carbocycles. The van der Waals surface area contributed by atoms with Crippen LogP contribution in [0.2, 0.25) is 0 Å². The average Bonchev–Trinajstić information content (AvgIpc) is 2.39. The van der Waals surface area contributed by atoms with Gasteiger partial charge in [-0.15, -0.1) is 0 Å². The van der Waals surface area contributed by atoms with Crippen LogP contribution in [-0.4, -0.2) is 42.0 Å². The van der Waals surface area contributed by atoms with Crippen LogP contribution in [0.3, 0.4) is 0 Å². The maximum atomic E-state index is 12.1. The first-order chi connectivity index (χ1) is 8.68. The van der Waals surface area contributed by atoms with Crippen LogP contribution in [-0.2, 0) is 0 Å². The number of likely N-dealkylation sites (N-methyl/N-ethyl adjacent to an activating group) is 1. The van der Waals surface area contributed by atoms with Crippen molar-refractivity contribution in [2.24, 2.45) is 0 Å². The Balaban J connectivity index is 2.00. The van der Waals surface area contributed by atoms with Gasteiger partial charge in [-0.1, -0.05) is 6.42 Å². The number of piperidine rings is 1. The molecule has 0 aliphatic carbocycles. The molecule has 0 spiro atoms.